The Morgan fingerprint density at radius 2 is 1.76 bits per heavy atom. The quantitative estimate of drug-likeness (QED) is 0.705. The van der Waals surface area contributed by atoms with Gasteiger partial charge in [-0.1, -0.05) is 18.2 Å². The highest BCUT2D eigenvalue weighted by molar-refractivity contribution is 6.06. The molecule has 0 saturated carbocycles. The Bertz CT molecular complexity index is 992. The van der Waals surface area contributed by atoms with Crippen LogP contribution in [0.5, 0.6) is 11.5 Å². The standard InChI is InChI=1S/C24H26N2O3/c1-15(13-16(2)27)26-24(18-6-9-19(28-3)10-7-18)21-12-8-17-5-11-20(29-4)14-22(17)23(21)25-26/h5-7,9-11,13-14,21,24H,8,12H2,1-4H3/b15-13-. The summed E-state index contributed by atoms with van der Waals surface area (Å²) in [5, 5.41) is 7.03. The van der Waals surface area contributed by atoms with Crippen molar-refractivity contribution in [3.8, 4) is 11.5 Å². The fraction of sp³-hybridized carbons (Fsp3) is 0.333. The summed E-state index contributed by atoms with van der Waals surface area (Å²) >= 11 is 0. The van der Waals surface area contributed by atoms with E-state index < -0.39 is 0 Å². The number of hydrogen-bond acceptors (Lipinski definition) is 5. The van der Waals surface area contributed by atoms with Crippen LogP contribution in [0.2, 0.25) is 0 Å². The predicted molar refractivity (Wildman–Crippen MR) is 113 cm³/mol. The molecule has 1 aliphatic carbocycles. The van der Waals surface area contributed by atoms with Crippen LogP contribution in [0.25, 0.3) is 0 Å². The van der Waals surface area contributed by atoms with Gasteiger partial charge >= 0.3 is 0 Å². The van der Waals surface area contributed by atoms with Crippen molar-refractivity contribution in [2.75, 3.05) is 14.2 Å². The molecule has 0 bridgehead atoms. The number of rotatable bonds is 5. The minimum Gasteiger partial charge on any atom is -0.497 e. The van der Waals surface area contributed by atoms with E-state index in [0.717, 1.165) is 46.9 Å². The van der Waals surface area contributed by atoms with Crippen LogP contribution >= 0.6 is 0 Å². The number of nitrogens with zero attached hydrogens (tertiary/aromatic N) is 2. The van der Waals surface area contributed by atoms with E-state index in [0.29, 0.717) is 0 Å². The van der Waals surface area contributed by atoms with Crippen molar-refractivity contribution in [1.29, 1.82) is 0 Å². The summed E-state index contributed by atoms with van der Waals surface area (Å²) in [4.78, 5) is 11.7. The van der Waals surface area contributed by atoms with E-state index in [-0.39, 0.29) is 17.7 Å². The first-order valence-corrected chi connectivity index (χ1v) is 9.89. The molecule has 2 aliphatic rings. The molecule has 2 aromatic carbocycles. The van der Waals surface area contributed by atoms with E-state index >= 15 is 0 Å². The zero-order valence-electron chi connectivity index (χ0n) is 17.3. The average Bonchev–Trinajstić information content (AvgIpc) is 3.13. The molecule has 4 rings (SSSR count). The lowest BCUT2D eigenvalue weighted by Gasteiger charge is -2.31. The molecule has 29 heavy (non-hydrogen) atoms. The molecule has 0 radical (unpaired) electrons. The fourth-order valence-corrected chi connectivity index (χ4v) is 4.40. The number of allylic oxidation sites excluding steroid dienone is 2. The van der Waals surface area contributed by atoms with Crippen molar-refractivity contribution in [1.82, 2.24) is 5.01 Å². The minimum absolute atomic E-state index is 0.0214. The van der Waals surface area contributed by atoms with E-state index in [1.165, 1.54) is 5.56 Å². The highest BCUT2D eigenvalue weighted by atomic mass is 16.5. The number of fused-ring (bicyclic) bond motifs is 3. The second kappa shape index (κ2) is 7.74. The lowest BCUT2D eigenvalue weighted by molar-refractivity contribution is -0.112. The summed E-state index contributed by atoms with van der Waals surface area (Å²) in [7, 11) is 3.36. The fourth-order valence-electron chi connectivity index (χ4n) is 4.40. The number of benzene rings is 2. The molecule has 0 saturated heterocycles. The van der Waals surface area contributed by atoms with Crippen molar-refractivity contribution in [2.45, 2.75) is 32.7 Å². The maximum absolute atomic E-state index is 11.7. The summed E-state index contributed by atoms with van der Waals surface area (Å²) in [5.74, 6) is 1.93. The number of methoxy groups -OCH3 is 2. The van der Waals surface area contributed by atoms with Crippen LogP contribution < -0.4 is 9.47 Å². The number of ether oxygens (including phenoxy) is 2. The summed E-state index contributed by atoms with van der Waals surface area (Å²) in [6.45, 7) is 3.52. The first kappa shape index (κ1) is 19.2. The van der Waals surface area contributed by atoms with Crippen LogP contribution in [-0.4, -0.2) is 30.7 Å². The van der Waals surface area contributed by atoms with E-state index in [1.807, 2.05) is 30.1 Å². The maximum atomic E-state index is 11.7. The number of hydrazone groups is 1. The molecule has 1 heterocycles. The van der Waals surface area contributed by atoms with Crippen molar-refractivity contribution >= 4 is 11.5 Å². The number of carbonyl (C=O) groups excluding carboxylic acids is 1. The molecule has 150 valence electrons. The second-order valence-corrected chi connectivity index (χ2v) is 7.61. The molecule has 2 aromatic rings. The largest absolute Gasteiger partial charge is 0.497 e. The number of aryl methyl sites for hydroxylation is 1. The van der Waals surface area contributed by atoms with Gasteiger partial charge in [0, 0.05) is 23.3 Å². The van der Waals surface area contributed by atoms with Crippen LogP contribution in [0.1, 0.15) is 43.0 Å². The van der Waals surface area contributed by atoms with Crippen LogP contribution in [0.4, 0.5) is 0 Å². The van der Waals surface area contributed by atoms with Crippen molar-refractivity contribution in [3.63, 3.8) is 0 Å². The Kier molecular flexibility index (Phi) is 5.14. The monoisotopic (exact) mass is 390 g/mol. The molecule has 1 aliphatic heterocycles. The van der Waals surface area contributed by atoms with Gasteiger partial charge in [0.05, 0.1) is 26.0 Å². The topological polar surface area (TPSA) is 51.1 Å². The molecule has 0 fully saturated rings. The summed E-state index contributed by atoms with van der Waals surface area (Å²) in [5.41, 5.74) is 5.53. The van der Waals surface area contributed by atoms with E-state index in [9.17, 15) is 4.79 Å². The third-order valence-electron chi connectivity index (χ3n) is 5.76. The van der Waals surface area contributed by atoms with Gasteiger partial charge in [-0.25, -0.2) is 0 Å². The molecule has 0 N–H and O–H groups in total. The lowest BCUT2D eigenvalue weighted by atomic mass is 9.77. The van der Waals surface area contributed by atoms with Crippen LogP contribution in [-0.2, 0) is 11.2 Å². The van der Waals surface area contributed by atoms with Crippen molar-refractivity contribution < 1.29 is 14.3 Å². The zero-order chi connectivity index (χ0) is 20.5. The number of hydrogen-bond donors (Lipinski definition) is 0. The SMILES string of the molecule is COc1ccc(C2C3CCc4ccc(OC)cc4C3=NN2/C(C)=C\C(C)=O)cc1. The zero-order valence-corrected chi connectivity index (χ0v) is 17.3. The normalized spacial score (nSPS) is 20.6. The van der Waals surface area contributed by atoms with Gasteiger partial charge in [-0.15, -0.1) is 0 Å². The first-order chi connectivity index (χ1) is 14.0. The van der Waals surface area contributed by atoms with Gasteiger partial charge in [-0.05, 0) is 62.1 Å². The Hall–Kier alpha value is -3.08. The highest BCUT2D eigenvalue weighted by Crippen LogP contribution is 2.45. The lowest BCUT2D eigenvalue weighted by Crippen LogP contribution is -2.28. The van der Waals surface area contributed by atoms with Gasteiger partial charge in [-0.3, -0.25) is 9.80 Å². The van der Waals surface area contributed by atoms with Gasteiger partial charge in [0.25, 0.3) is 0 Å². The molecule has 2 atom stereocenters. The van der Waals surface area contributed by atoms with Crippen LogP contribution in [0.15, 0.2) is 59.3 Å². The summed E-state index contributed by atoms with van der Waals surface area (Å²) in [6.07, 6.45) is 3.67. The molecule has 0 spiro atoms. The molecular weight excluding hydrogens is 364 g/mol. The molecule has 5 heteroatoms. The minimum atomic E-state index is 0.0214. The van der Waals surface area contributed by atoms with E-state index in [1.54, 1.807) is 27.2 Å². The molecule has 5 nitrogen and oxygen atoms in total. The van der Waals surface area contributed by atoms with Gasteiger partial charge in [-0.2, -0.15) is 5.10 Å². The van der Waals surface area contributed by atoms with Crippen molar-refractivity contribution in [2.24, 2.45) is 11.0 Å². The van der Waals surface area contributed by atoms with Gasteiger partial charge < -0.3 is 9.47 Å². The Labute approximate surface area is 171 Å². The maximum Gasteiger partial charge on any atom is 0.154 e. The third-order valence-corrected chi connectivity index (χ3v) is 5.76. The van der Waals surface area contributed by atoms with Crippen LogP contribution in [0, 0.1) is 5.92 Å². The number of ketones is 1. The third kappa shape index (κ3) is 3.53. The Balaban J connectivity index is 1.81. The second-order valence-electron chi connectivity index (χ2n) is 7.61. The highest BCUT2D eigenvalue weighted by Gasteiger charge is 2.42. The first-order valence-electron chi connectivity index (χ1n) is 9.89. The smallest absolute Gasteiger partial charge is 0.154 e. The predicted octanol–water partition coefficient (Wildman–Crippen LogP) is 4.52. The molecule has 0 aromatic heterocycles. The molecular formula is C24H26N2O3. The average molecular weight is 390 g/mol. The van der Waals surface area contributed by atoms with Gasteiger partial charge in [0.1, 0.15) is 11.5 Å². The van der Waals surface area contributed by atoms with E-state index in [4.69, 9.17) is 14.6 Å². The summed E-state index contributed by atoms with van der Waals surface area (Å²) < 4.78 is 10.8. The van der Waals surface area contributed by atoms with Gasteiger partial charge in [0.15, 0.2) is 5.78 Å². The van der Waals surface area contributed by atoms with Crippen molar-refractivity contribution in [3.05, 3.63) is 70.9 Å². The summed E-state index contributed by atoms with van der Waals surface area (Å²) in [6, 6.07) is 14.4. The van der Waals surface area contributed by atoms with Crippen LogP contribution in [0.3, 0.4) is 0 Å². The Morgan fingerprint density at radius 1 is 1.07 bits per heavy atom. The number of carbonyl (C=O) groups is 1. The molecule has 2 unspecified atom stereocenters. The van der Waals surface area contributed by atoms with E-state index in [2.05, 4.69) is 24.3 Å². The Morgan fingerprint density at radius 3 is 2.41 bits per heavy atom. The molecule has 0 amide bonds. The van der Waals surface area contributed by atoms with Gasteiger partial charge in [0.2, 0.25) is 0 Å².